The van der Waals surface area contributed by atoms with Crippen molar-refractivity contribution in [1.82, 2.24) is 0 Å². The van der Waals surface area contributed by atoms with Crippen LogP contribution in [0.25, 0.3) is 21.5 Å². The van der Waals surface area contributed by atoms with Crippen LogP contribution in [-0.2, 0) is 10.1 Å². The van der Waals surface area contributed by atoms with Gasteiger partial charge in [-0.3, -0.25) is 0 Å². The quantitative estimate of drug-likeness (QED) is 0.374. The summed E-state index contributed by atoms with van der Waals surface area (Å²) in [5.74, 6) is -0.302. The Balaban J connectivity index is 0.00000261. The summed E-state index contributed by atoms with van der Waals surface area (Å²) in [6.07, 6.45) is -4.70. The number of hydrogen-bond acceptors (Lipinski definition) is 5. The van der Waals surface area contributed by atoms with E-state index in [4.69, 9.17) is 9.47 Å². The molecule has 0 radical (unpaired) electrons. The second-order valence-electron chi connectivity index (χ2n) is 5.48. The molecule has 3 aromatic carbocycles. The summed E-state index contributed by atoms with van der Waals surface area (Å²) in [6, 6.07) is 10.6. The number of alkyl halides is 3. The Bertz CT molecular complexity index is 1100. The smallest absolute Gasteiger partial charge is 0.744 e. The minimum Gasteiger partial charge on any atom is -0.744 e. The van der Waals surface area contributed by atoms with E-state index in [2.05, 4.69) is 0 Å². The summed E-state index contributed by atoms with van der Waals surface area (Å²) in [7, 11) is -3.66. The van der Waals surface area contributed by atoms with Gasteiger partial charge in [0.25, 0.3) is 0 Å². The van der Waals surface area contributed by atoms with Crippen LogP contribution in [0.3, 0.4) is 0 Å². The van der Waals surface area contributed by atoms with Crippen molar-refractivity contribution in [2.75, 3.05) is 13.7 Å². The van der Waals surface area contributed by atoms with Crippen LogP contribution in [0.4, 0.5) is 13.2 Å². The molecule has 0 N–H and O–H groups in total. The zero-order valence-corrected chi connectivity index (χ0v) is 15.1. The molecule has 0 atom stereocenters. The minimum atomic E-state index is -5.05. The molecule has 0 saturated heterocycles. The zero-order chi connectivity index (χ0) is 19.1. The molecule has 0 heterocycles. The van der Waals surface area contributed by atoms with Crippen molar-refractivity contribution in [3.63, 3.8) is 0 Å². The summed E-state index contributed by atoms with van der Waals surface area (Å²) in [4.78, 5) is -0.855. The molecule has 27 heavy (non-hydrogen) atoms. The van der Waals surface area contributed by atoms with Gasteiger partial charge in [-0.2, -0.15) is 13.2 Å². The van der Waals surface area contributed by atoms with Gasteiger partial charge < -0.3 is 14.0 Å². The molecule has 3 rings (SSSR count). The molecule has 10 heteroatoms. The second kappa shape index (κ2) is 7.60. The number of benzene rings is 3. The van der Waals surface area contributed by atoms with Crippen molar-refractivity contribution in [2.45, 2.75) is 11.1 Å². The maximum atomic E-state index is 12.6. The number of fused-ring (bicyclic) bond motifs is 2. The monoisotopic (exact) mass is 392 g/mol. The summed E-state index contributed by atoms with van der Waals surface area (Å²) >= 11 is 0. The fourth-order valence-corrected chi connectivity index (χ4v) is 3.40. The zero-order valence-electron chi connectivity index (χ0n) is 14.3. The van der Waals surface area contributed by atoms with E-state index < -0.39 is 33.5 Å². The summed E-state index contributed by atoms with van der Waals surface area (Å²) in [5, 5.41) is 1.65. The molecule has 5 nitrogen and oxygen atoms in total. The molecule has 0 spiro atoms. The van der Waals surface area contributed by atoms with Crippen LogP contribution in [0.1, 0.15) is 0 Å². The van der Waals surface area contributed by atoms with Crippen LogP contribution >= 0.6 is 0 Å². The number of halogens is 3. The van der Waals surface area contributed by atoms with Gasteiger partial charge >= 0.3 is 25.0 Å². The first-order valence-corrected chi connectivity index (χ1v) is 8.70. The second-order valence-corrected chi connectivity index (χ2v) is 6.82. The van der Waals surface area contributed by atoms with E-state index in [-0.39, 0.29) is 24.2 Å². The fraction of sp³-hybridized carbons (Fsp3) is 0.176. The van der Waals surface area contributed by atoms with Gasteiger partial charge in [0.1, 0.15) is 21.6 Å². The Morgan fingerprint density at radius 2 is 1.67 bits per heavy atom. The average Bonchev–Trinajstić information content (AvgIpc) is 2.55. The summed E-state index contributed by atoms with van der Waals surface area (Å²) in [5.41, 5.74) is 0. The maximum absolute atomic E-state index is 12.6. The predicted molar refractivity (Wildman–Crippen MR) is 87.5 cm³/mol. The average molecular weight is 392 g/mol. The molecule has 0 saturated carbocycles. The van der Waals surface area contributed by atoms with Crippen molar-refractivity contribution in [1.29, 1.82) is 0 Å². The fourth-order valence-electron chi connectivity index (χ4n) is 2.77. The summed E-state index contributed by atoms with van der Waals surface area (Å²) in [6.45, 7) is -1.73. The SMILES string of the molecule is COc1c2ccccc2cc2c(OCC(F)(F)F)c(S(=O)(=O)[O-])ccc12.[Li+]. The molecule has 0 amide bonds. The van der Waals surface area contributed by atoms with Crippen LogP contribution in [0, 0.1) is 0 Å². The normalized spacial score (nSPS) is 12.0. The Labute approximate surface area is 165 Å². The van der Waals surface area contributed by atoms with E-state index in [1.54, 1.807) is 24.3 Å². The van der Waals surface area contributed by atoms with Crippen LogP contribution in [0.15, 0.2) is 47.4 Å². The van der Waals surface area contributed by atoms with Gasteiger partial charge in [-0.1, -0.05) is 24.3 Å². The van der Waals surface area contributed by atoms with Crippen molar-refractivity contribution in [3.05, 3.63) is 42.5 Å². The van der Waals surface area contributed by atoms with Crippen LogP contribution < -0.4 is 28.3 Å². The van der Waals surface area contributed by atoms with Gasteiger partial charge in [0.2, 0.25) is 0 Å². The maximum Gasteiger partial charge on any atom is 1.00 e. The topological polar surface area (TPSA) is 75.7 Å². The number of rotatable bonds is 4. The molecule has 0 aliphatic rings. The van der Waals surface area contributed by atoms with Gasteiger partial charge in [0, 0.05) is 16.2 Å². The third kappa shape index (κ3) is 4.33. The molecule has 0 aliphatic heterocycles. The number of ether oxygens (including phenoxy) is 2. The number of methoxy groups -OCH3 is 1. The third-order valence-corrected chi connectivity index (χ3v) is 4.62. The van der Waals surface area contributed by atoms with Crippen molar-refractivity contribution >= 4 is 31.7 Å². The minimum absolute atomic E-state index is 0. The standard InChI is InChI=1S/C17H13F3O5S.Li/c1-24-15-11-5-3-2-4-10(11)8-13-12(15)6-7-14(26(21,22)23)16(13)25-9-17(18,19)20;/h2-8H,9H2,1H3,(H,21,22,23);/q;+1/p-1. The van der Waals surface area contributed by atoms with Crippen molar-refractivity contribution < 1.29 is 54.5 Å². The first-order valence-electron chi connectivity index (χ1n) is 7.30. The molecule has 3 aromatic rings. The molecule has 0 aliphatic carbocycles. The largest absolute Gasteiger partial charge is 1.00 e. The molecule has 0 aromatic heterocycles. The van der Waals surface area contributed by atoms with Crippen molar-refractivity contribution in [2.24, 2.45) is 0 Å². The van der Waals surface area contributed by atoms with Gasteiger partial charge in [0.05, 0.1) is 12.0 Å². The van der Waals surface area contributed by atoms with Gasteiger partial charge in [-0.25, -0.2) is 8.42 Å². The molecular weight excluding hydrogens is 380 g/mol. The van der Waals surface area contributed by atoms with E-state index >= 15 is 0 Å². The van der Waals surface area contributed by atoms with E-state index in [0.717, 1.165) is 6.07 Å². The Hall–Kier alpha value is -1.92. The molecule has 138 valence electrons. The third-order valence-electron chi connectivity index (χ3n) is 3.76. The summed E-state index contributed by atoms with van der Waals surface area (Å²) < 4.78 is 82.3. The van der Waals surface area contributed by atoms with Gasteiger partial charge in [0.15, 0.2) is 6.61 Å². The first kappa shape index (κ1) is 21.4. The number of hydrogen-bond donors (Lipinski definition) is 0. The van der Waals surface area contributed by atoms with Crippen molar-refractivity contribution in [3.8, 4) is 11.5 Å². The van der Waals surface area contributed by atoms with Crippen LogP contribution in [0.5, 0.6) is 11.5 Å². The van der Waals surface area contributed by atoms with Gasteiger partial charge in [-0.15, -0.1) is 0 Å². The van der Waals surface area contributed by atoms with E-state index in [1.807, 2.05) is 0 Å². The Kier molecular flexibility index (Phi) is 6.02. The van der Waals surface area contributed by atoms with Crippen LogP contribution in [-0.4, -0.2) is 32.9 Å². The van der Waals surface area contributed by atoms with E-state index in [9.17, 15) is 26.1 Å². The van der Waals surface area contributed by atoms with E-state index in [1.165, 1.54) is 19.2 Å². The van der Waals surface area contributed by atoms with E-state index in [0.29, 0.717) is 21.9 Å². The molecule has 0 bridgehead atoms. The molecule has 0 unspecified atom stereocenters. The molecule has 0 fully saturated rings. The van der Waals surface area contributed by atoms with Crippen LogP contribution in [0.2, 0.25) is 0 Å². The predicted octanol–water partition coefficient (Wildman–Crippen LogP) is 0.851. The Morgan fingerprint density at radius 1 is 1.00 bits per heavy atom. The Morgan fingerprint density at radius 3 is 2.26 bits per heavy atom. The van der Waals surface area contributed by atoms with Gasteiger partial charge in [-0.05, 0) is 23.6 Å². The molecular formula is C17H12F3LiO5S. The first-order chi connectivity index (χ1) is 12.1.